The number of benzene rings is 4. The van der Waals surface area contributed by atoms with E-state index in [1.807, 2.05) is 0 Å². The van der Waals surface area contributed by atoms with Crippen LogP contribution in [0.5, 0.6) is 34.5 Å². The average Bonchev–Trinajstić information content (AvgIpc) is 3.97. The van der Waals surface area contributed by atoms with Crippen molar-refractivity contribution >= 4 is 11.9 Å². The third-order valence-corrected chi connectivity index (χ3v) is 8.00. The largest absolute Gasteiger partial charge is 2.00 e. The van der Waals surface area contributed by atoms with Gasteiger partial charge < -0.3 is 38.6 Å². The molecule has 294 valence electrons. The molecule has 0 unspecified atom stereocenters. The summed E-state index contributed by atoms with van der Waals surface area (Å²) in [7, 11) is 0. The van der Waals surface area contributed by atoms with Crippen LogP contribution in [-0.4, -0.2) is 25.2 Å². The molecule has 2 aliphatic rings. The van der Waals surface area contributed by atoms with Crippen LogP contribution < -0.4 is 38.6 Å². The number of ether oxygens (including phenoxy) is 6. The molecule has 10 nitrogen and oxygen atoms in total. The molecule has 0 saturated heterocycles. The number of rotatable bonds is 16. The van der Waals surface area contributed by atoms with Crippen LogP contribution in [0.4, 0.5) is 0 Å². The molecule has 11 heteroatoms. The van der Waals surface area contributed by atoms with Crippen LogP contribution in [0.3, 0.4) is 0 Å². The molecule has 0 bridgehead atoms. The maximum Gasteiger partial charge on any atom is 2.00 e. The molecule has 4 aromatic carbocycles. The molecule has 57 heavy (non-hydrogen) atoms. The molecule has 0 radical (unpaired) electrons. The summed E-state index contributed by atoms with van der Waals surface area (Å²) < 4.78 is 32.4. The molecular weight excluding hydrogens is 768 g/mol. The van der Waals surface area contributed by atoms with E-state index in [9.17, 15) is 19.8 Å². The number of carbonyl (C=O) groups is 2. The van der Waals surface area contributed by atoms with Gasteiger partial charge >= 0.3 is 29.0 Å². The molecule has 0 heterocycles. The molecule has 6 rings (SSSR count). The first-order valence-electron chi connectivity index (χ1n) is 18.3. The maximum absolute atomic E-state index is 12.3. The van der Waals surface area contributed by atoms with Crippen LogP contribution in [0.25, 0.3) is 0 Å². The normalized spacial score (nSPS) is 11.9. The molecule has 0 aliphatic heterocycles. The van der Waals surface area contributed by atoms with Gasteiger partial charge in [0, 0.05) is 11.5 Å². The number of esters is 2. The third kappa shape index (κ3) is 14.0. The molecule has 0 fully saturated rings. The van der Waals surface area contributed by atoms with E-state index in [0.717, 1.165) is 37.2 Å². The van der Waals surface area contributed by atoms with E-state index in [1.165, 1.54) is 0 Å². The van der Waals surface area contributed by atoms with Crippen molar-refractivity contribution in [2.45, 2.75) is 39.5 Å². The van der Waals surface area contributed by atoms with E-state index in [0.29, 0.717) is 58.5 Å². The predicted octanol–water partition coefficient (Wildman–Crippen LogP) is 8.32. The monoisotopic (exact) mass is 810 g/mol. The first-order valence-corrected chi connectivity index (χ1v) is 18.3. The van der Waals surface area contributed by atoms with Crippen molar-refractivity contribution in [1.82, 2.24) is 0 Å². The fourth-order valence-corrected chi connectivity index (χ4v) is 4.88. The van der Waals surface area contributed by atoms with Gasteiger partial charge in [-0.1, -0.05) is 75.3 Å². The summed E-state index contributed by atoms with van der Waals surface area (Å²) in [6.07, 6.45) is 17.9. The summed E-state index contributed by atoms with van der Waals surface area (Å²) in [6, 6.07) is 26.3. The second kappa shape index (κ2) is 22.8. The minimum Gasteiger partial charge on any atom is -0.579 e. The Labute approximate surface area is 343 Å². The van der Waals surface area contributed by atoms with E-state index in [1.54, 1.807) is 146 Å². The van der Waals surface area contributed by atoms with Gasteiger partial charge in [-0.25, -0.2) is 9.59 Å². The first-order chi connectivity index (χ1) is 27.3. The van der Waals surface area contributed by atoms with Crippen LogP contribution in [0, 0.1) is 0 Å². The van der Waals surface area contributed by atoms with Gasteiger partial charge in [0.05, 0.1) is 36.2 Å². The fourth-order valence-electron chi connectivity index (χ4n) is 4.88. The summed E-state index contributed by atoms with van der Waals surface area (Å²) in [4.78, 5) is 24.5. The molecule has 2 aliphatic carbocycles. The SMILES string of the molecule is CCCCOc1ccc(OC(=O)c2ccc(OC([O-])=C3C=CC=C3)cc2)cc1.CCCCOc1ccc(OC(=O)c2ccc(OC([O-])=C3C=CC=C3)cc2)cc1.[Fe+2]. The van der Waals surface area contributed by atoms with Crippen molar-refractivity contribution < 1.29 is 65.3 Å². The fraction of sp³-hybridized carbons (Fsp3) is 0.174. The molecule has 0 atom stereocenters. The van der Waals surface area contributed by atoms with Gasteiger partial charge in [-0.15, -0.1) is 0 Å². The Bertz CT molecular complexity index is 1910. The second-order valence-corrected chi connectivity index (χ2v) is 12.3. The third-order valence-electron chi connectivity index (χ3n) is 8.00. The van der Waals surface area contributed by atoms with Gasteiger partial charge in [0.15, 0.2) is 0 Å². The summed E-state index contributed by atoms with van der Waals surface area (Å²) in [5.74, 6) is 1.19. The number of hydrogen-bond acceptors (Lipinski definition) is 10. The molecule has 0 saturated carbocycles. The van der Waals surface area contributed by atoms with Crippen molar-refractivity contribution in [3.63, 3.8) is 0 Å². The Kier molecular flexibility index (Phi) is 17.4. The molecule has 0 aromatic heterocycles. The number of carbonyl (C=O) groups excluding carboxylic acids is 2. The Hall–Kier alpha value is -6.42. The van der Waals surface area contributed by atoms with Crippen LogP contribution in [0.15, 0.2) is 169 Å². The van der Waals surface area contributed by atoms with Crippen molar-refractivity contribution in [1.29, 1.82) is 0 Å². The van der Waals surface area contributed by atoms with Gasteiger partial charge in [0.25, 0.3) is 0 Å². The van der Waals surface area contributed by atoms with Gasteiger partial charge in [-0.3, -0.25) is 0 Å². The Morgan fingerprint density at radius 2 is 0.719 bits per heavy atom. The number of unbranched alkanes of at least 4 members (excludes halogenated alkanes) is 2. The first kappa shape index (κ1) is 43.3. The van der Waals surface area contributed by atoms with Crippen LogP contribution in [-0.2, 0) is 17.1 Å². The zero-order valence-corrected chi connectivity index (χ0v) is 32.6. The Morgan fingerprint density at radius 1 is 0.439 bits per heavy atom. The second-order valence-electron chi connectivity index (χ2n) is 12.3. The van der Waals surface area contributed by atoms with Crippen molar-refractivity contribution in [2.75, 3.05) is 13.2 Å². The predicted molar refractivity (Wildman–Crippen MR) is 208 cm³/mol. The molecule has 4 aromatic rings. The van der Waals surface area contributed by atoms with E-state index in [-0.39, 0.29) is 17.1 Å². The van der Waals surface area contributed by atoms with Gasteiger partial charge in [0.1, 0.15) is 23.0 Å². The minimum atomic E-state index is -0.492. The zero-order chi connectivity index (χ0) is 39.5. The van der Waals surface area contributed by atoms with Crippen molar-refractivity contribution in [3.05, 3.63) is 180 Å². The number of allylic oxidation sites excluding steroid dienone is 10. The summed E-state index contributed by atoms with van der Waals surface area (Å²) >= 11 is 0. The molecule has 0 spiro atoms. The summed E-state index contributed by atoms with van der Waals surface area (Å²) in [5, 5.41) is 23.8. The quantitative estimate of drug-likeness (QED) is 0.0358. The molecule has 0 amide bonds. The molecular formula is C46H42FeO10. The van der Waals surface area contributed by atoms with Gasteiger partial charge in [-0.2, -0.15) is 0 Å². The summed E-state index contributed by atoms with van der Waals surface area (Å²) in [5.41, 5.74) is 1.67. The van der Waals surface area contributed by atoms with Crippen LogP contribution in [0.2, 0.25) is 0 Å². The van der Waals surface area contributed by atoms with E-state index in [2.05, 4.69) is 13.8 Å². The Balaban J connectivity index is 0.000000248. The van der Waals surface area contributed by atoms with Gasteiger partial charge in [-0.05, 0) is 121 Å². The van der Waals surface area contributed by atoms with E-state index >= 15 is 0 Å². The minimum absolute atomic E-state index is 0. The standard InChI is InChI=1S/2C23H22O5.Fe/c2*1-2-3-16-26-19-12-14-21(15-13-19)28-23(25)18-8-10-20(11-9-18)27-22(24)17-6-4-5-7-17;/h2*4-15,24H,2-3,16H2,1H3;/q;;+2/p-2. The molecule has 0 N–H and O–H groups in total. The average molecular weight is 811 g/mol. The smallest absolute Gasteiger partial charge is 0.579 e. The summed E-state index contributed by atoms with van der Waals surface area (Å²) in [6.45, 7) is 5.54. The topological polar surface area (TPSA) is 136 Å². The van der Waals surface area contributed by atoms with Crippen molar-refractivity contribution in [3.8, 4) is 34.5 Å². The zero-order valence-electron chi connectivity index (χ0n) is 31.5. The maximum atomic E-state index is 12.3. The van der Waals surface area contributed by atoms with E-state index in [4.69, 9.17) is 28.4 Å². The van der Waals surface area contributed by atoms with Crippen LogP contribution in [0.1, 0.15) is 60.2 Å². The van der Waals surface area contributed by atoms with Gasteiger partial charge in [0.2, 0.25) is 0 Å². The number of hydrogen-bond donors (Lipinski definition) is 0. The van der Waals surface area contributed by atoms with Crippen LogP contribution >= 0.6 is 0 Å². The Morgan fingerprint density at radius 3 is 1.04 bits per heavy atom. The van der Waals surface area contributed by atoms with E-state index < -0.39 is 23.8 Å². The van der Waals surface area contributed by atoms with Crippen molar-refractivity contribution in [2.24, 2.45) is 0 Å².